The van der Waals surface area contributed by atoms with Gasteiger partial charge in [-0.05, 0) is 41.0 Å². The summed E-state index contributed by atoms with van der Waals surface area (Å²) in [6.07, 6.45) is -0.274. The van der Waals surface area contributed by atoms with E-state index in [1.54, 1.807) is 34.6 Å². The normalized spacial score (nSPS) is 19.3. The van der Waals surface area contributed by atoms with Crippen LogP contribution < -0.4 is 0 Å². The van der Waals surface area contributed by atoms with Crippen LogP contribution in [0.5, 0.6) is 0 Å². The number of hydrogen-bond donors (Lipinski definition) is 0. The maximum absolute atomic E-state index is 12.0. The molecule has 128 valence electrons. The number of likely N-dealkylation sites (tertiary alicyclic amines) is 1. The Morgan fingerprint density at radius 3 is 2.32 bits per heavy atom. The molecule has 1 rings (SSSR count). The molecule has 0 aromatic carbocycles. The monoisotopic (exact) mass is 335 g/mol. The molecule has 0 aliphatic carbocycles. The SMILES string of the molecule is CC(C)OC(=O)C1CCN(C(=O)OC(C)(C)C)CCC1=O.Cl. The number of nitrogens with zero attached hydrogens (tertiary/aromatic N) is 1. The van der Waals surface area contributed by atoms with E-state index < -0.39 is 23.6 Å². The van der Waals surface area contributed by atoms with Gasteiger partial charge in [0.2, 0.25) is 0 Å². The van der Waals surface area contributed by atoms with E-state index in [0.29, 0.717) is 6.54 Å². The molecule has 1 saturated heterocycles. The van der Waals surface area contributed by atoms with E-state index in [-0.39, 0.29) is 43.7 Å². The third-order valence-corrected chi connectivity index (χ3v) is 2.99. The zero-order valence-corrected chi connectivity index (χ0v) is 14.7. The minimum absolute atomic E-state index is 0. The summed E-state index contributed by atoms with van der Waals surface area (Å²) in [5.74, 6) is -1.45. The zero-order valence-electron chi connectivity index (χ0n) is 13.9. The fraction of sp³-hybridized carbons (Fsp3) is 0.800. The van der Waals surface area contributed by atoms with Crippen molar-refractivity contribution >= 4 is 30.3 Å². The number of amides is 1. The molecule has 22 heavy (non-hydrogen) atoms. The first kappa shape index (κ1) is 20.7. The third-order valence-electron chi connectivity index (χ3n) is 2.99. The smallest absolute Gasteiger partial charge is 0.410 e. The van der Waals surface area contributed by atoms with Gasteiger partial charge in [-0.15, -0.1) is 12.4 Å². The maximum atomic E-state index is 12.0. The van der Waals surface area contributed by atoms with Gasteiger partial charge >= 0.3 is 12.1 Å². The summed E-state index contributed by atoms with van der Waals surface area (Å²) in [6.45, 7) is 9.44. The van der Waals surface area contributed by atoms with Gasteiger partial charge in [0.25, 0.3) is 0 Å². The minimum atomic E-state index is -0.778. The Morgan fingerprint density at radius 1 is 1.23 bits per heavy atom. The highest BCUT2D eigenvalue weighted by Gasteiger charge is 2.34. The van der Waals surface area contributed by atoms with Gasteiger partial charge in [-0.3, -0.25) is 9.59 Å². The Kier molecular flexibility index (Phi) is 7.87. The highest BCUT2D eigenvalue weighted by atomic mass is 35.5. The van der Waals surface area contributed by atoms with E-state index in [1.165, 1.54) is 4.90 Å². The molecule has 1 aliphatic heterocycles. The molecule has 0 saturated carbocycles. The molecular formula is C15H26ClNO5. The summed E-state index contributed by atoms with van der Waals surface area (Å²) in [4.78, 5) is 37.4. The number of halogens is 1. The molecule has 0 bridgehead atoms. The van der Waals surface area contributed by atoms with Crippen LogP contribution in [0.2, 0.25) is 0 Å². The summed E-state index contributed by atoms with van der Waals surface area (Å²) in [5.41, 5.74) is -0.580. The quantitative estimate of drug-likeness (QED) is 0.573. The van der Waals surface area contributed by atoms with Crippen LogP contribution in [0.1, 0.15) is 47.5 Å². The molecular weight excluding hydrogens is 310 g/mol. The molecule has 1 fully saturated rings. The van der Waals surface area contributed by atoms with Gasteiger partial charge in [-0.1, -0.05) is 0 Å². The lowest BCUT2D eigenvalue weighted by Gasteiger charge is -2.26. The average molecular weight is 336 g/mol. The molecule has 1 aliphatic rings. The fourth-order valence-electron chi connectivity index (χ4n) is 2.05. The molecule has 0 radical (unpaired) electrons. The molecule has 1 heterocycles. The Balaban J connectivity index is 0.00000441. The van der Waals surface area contributed by atoms with Crippen LogP contribution in [0.3, 0.4) is 0 Å². The minimum Gasteiger partial charge on any atom is -0.462 e. The van der Waals surface area contributed by atoms with Crippen molar-refractivity contribution in [2.24, 2.45) is 5.92 Å². The topological polar surface area (TPSA) is 72.9 Å². The molecule has 0 spiro atoms. The molecule has 1 unspecified atom stereocenters. The van der Waals surface area contributed by atoms with Gasteiger partial charge < -0.3 is 14.4 Å². The molecule has 0 aromatic heterocycles. The average Bonchev–Trinajstić information content (AvgIpc) is 2.48. The van der Waals surface area contributed by atoms with Crippen LogP contribution in [0.4, 0.5) is 4.79 Å². The van der Waals surface area contributed by atoms with E-state index in [1.807, 2.05) is 0 Å². The largest absolute Gasteiger partial charge is 0.462 e. The standard InChI is InChI=1S/C15H25NO5.ClH/c1-10(2)20-13(18)11-6-8-16(9-7-12(11)17)14(19)21-15(3,4)5;/h10-11H,6-9H2,1-5H3;1H. The molecule has 1 atom stereocenters. The van der Waals surface area contributed by atoms with Crippen molar-refractivity contribution in [2.45, 2.75) is 59.2 Å². The van der Waals surface area contributed by atoms with Gasteiger partial charge in [0, 0.05) is 19.5 Å². The van der Waals surface area contributed by atoms with E-state index in [4.69, 9.17) is 9.47 Å². The summed E-state index contributed by atoms with van der Waals surface area (Å²) in [5, 5.41) is 0. The summed E-state index contributed by atoms with van der Waals surface area (Å²) >= 11 is 0. The van der Waals surface area contributed by atoms with Crippen LogP contribution in [0.25, 0.3) is 0 Å². The first-order valence-electron chi connectivity index (χ1n) is 7.31. The highest BCUT2D eigenvalue weighted by Crippen LogP contribution is 2.19. The number of ketones is 1. The van der Waals surface area contributed by atoms with E-state index in [2.05, 4.69) is 0 Å². The Labute approximate surface area is 137 Å². The number of carbonyl (C=O) groups excluding carboxylic acids is 3. The Hall–Kier alpha value is -1.30. The van der Waals surface area contributed by atoms with Gasteiger partial charge in [0.05, 0.1) is 6.10 Å². The van der Waals surface area contributed by atoms with Crippen molar-refractivity contribution < 1.29 is 23.9 Å². The Morgan fingerprint density at radius 2 is 1.82 bits per heavy atom. The summed E-state index contributed by atoms with van der Waals surface area (Å²) < 4.78 is 10.4. The van der Waals surface area contributed by atoms with Crippen molar-refractivity contribution in [3.05, 3.63) is 0 Å². The highest BCUT2D eigenvalue weighted by molar-refractivity contribution is 5.99. The van der Waals surface area contributed by atoms with Gasteiger partial charge in [-0.2, -0.15) is 0 Å². The van der Waals surface area contributed by atoms with Crippen LogP contribution in [0.15, 0.2) is 0 Å². The van der Waals surface area contributed by atoms with Crippen molar-refractivity contribution in [2.75, 3.05) is 13.1 Å². The van der Waals surface area contributed by atoms with E-state index in [0.717, 1.165) is 0 Å². The predicted molar refractivity (Wildman–Crippen MR) is 84.0 cm³/mol. The summed E-state index contributed by atoms with van der Waals surface area (Å²) in [6, 6.07) is 0. The second kappa shape index (κ2) is 8.36. The third kappa shape index (κ3) is 6.64. The van der Waals surface area contributed by atoms with E-state index in [9.17, 15) is 14.4 Å². The van der Waals surface area contributed by atoms with Crippen molar-refractivity contribution in [1.29, 1.82) is 0 Å². The van der Waals surface area contributed by atoms with E-state index >= 15 is 0 Å². The number of ether oxygens (including phenoxy) is 2. The zero-order chi connectivity index (χ0) is 16.2. The first-order chi connectivity index (χ1) is 9.60. The lowest BCUT2D eigenvalue weighted by molar-refractivity contribution is -0.155. The number of esters is 1. The summed E-state index contributed by atoms with van der Waals surface area (Å²) in [7, 11) is 0. The van der Waals surface area contributed by atoms with Crippen molar-refractivity contribution in [3.8, 4) is 0 Å². The van der Waals surface area contributed by atoms with Gasteiger partial charge in [0.15, 0.2) is 0 Å². The number of Topliss-reactive ketones (excluding diaryl/α,β-unsaturated/α-hetero) is 1. The number of hydrogen-bond acceptors (Lipinski definition) is 5. The Bertz CT molecular complexity index is 417. The maximum Gasteiger partial charge on any atom is 0.410 e. The lowest BCUT2D eigenvalue weighted by Crippen LogP contribution is -2.37. The molecule has 6 nitrogen and oxygen atoms in total. The second-order valence-electron chi connectivity index (χ2n) is 6.51. The first-order valence-corrected chi connectivity index (χ1v) is 7.31. The van der Waals surface area contributed by atoms with Gasteiger partial charge in [0.1, 0.15) is 17.3 Å². The fourth-order valence-corrected chi connectivity index (χ4v) is 2.05. The van der Waals surface area contributed by atoms with Gasteiger partial charge in [-0.25, -0.2) is 4.79 Å². The predicted octanol–water partition coefficient (Wildman–Crippen LogP) is 2.58. The lowest BCUT2D eigenvalue weighted by atomic mass is 9.99. The molecule has 0 aromatic rings. The van der Waals surface area contributed by atoms with Crippen LogP contribution in [-0.4, -0.2) is 47.5 Å². The molecule has 0 N–H and O–H groups in total. The number of rotatable bonds is 2. The van der Waals surface area contributed by atoms with Crippen molar-refractivity contribution in [1.82, 2.24) is 4.90 Å². The van der Waals surface area contributed by atoms with Crippen molar-refractivity contribution in [3.63, 3.8) is 0 Å². The second-order valence-corrected chi connectivity index (χ2v) is 6.51. The number of carbonyl (C=O) groups is 3. The molecule has 7 heteroatoms. The van der Waals surface area contributed by atoms with Crippen LogP contribution in [-0.2, 0) is 19.1 Å². The van der Waals surface area contributed by atoms with Crippen LogP contribution >= 0.6 is 12.4 Å². The molecule has 1 amide bonds. The van der Waals surface area contributed by atoms with Crippen LogP contribution in [0, 0.1) is 5.92 Å².